The van der Waals surface area contributed by atoms with Crippen LogP contribution in [0.1, 0.15) is 40.5 Å². The molecule has 0 radical (unpaired) electrons. The lowest BCUT2D eigenvalue weighted by atomic mass is 9.69. The van der Waals surface area contributed by atoms with Crippen molar-refractivity contribution >= 4 is 11.8 Å². The summed E-state index contributed by atoms with van der Waals surface area (Å²) in [5.74, 6) is -0.117. The molecule has 27 heavy (non-hydrogen) atoms. The first-order chi connectivity index (χ1) is 12.9. The maximum absolute atomic E-state index is 13.1. The van der Waals surface area contributed by atoms with E-state index in [9.17, 15) is 14.0 Å². The number of nitrogens with zero attached hydrogens (tertiary/aromatic N) is 3. The first-order valence-electron chi connectivity index (χ1n) is 9.27. The molecule has 1 aliphatic heterocycles. The van der Waals surface area contributed by atoms with E-state index in [0.29, 0.717) is 18.8 Å². The predicted molar refractivity (Wildman–Crippen MR) is 97.7 cm³/mol. The predicted octanol–water partition coefficient (Wildman–Crippen LogP) is 2.33. The topological polar surface area (TPSA) is 69.3 Å². The second-order valence-corrected chi connectivity index (χ2v) is 7.59. The van der Waals surface area contributed by atoms with Crippen LogP contribution < -0.4 is 0 Å². The van der Waals surface area contributed by atoms with Gasteiger partial charge in [-0.3, -0.25) is 14.7 Å². The minimum absolute atomic E-state index is 0.0165. The van der Waals surface area contributed by atoms with Gasteiger partial charge in [0.2, 0.25) is 5.91 Å². The third-order valence-corrected chi connectivity index (χ3v) is 5.86. The number of aromatic amines is 1. The smallest absolute Gasteiger partial charge is 0.274 e. The summed E-state index contributed by atoms with van der Waals surface area (Å²) in [5, 5.41) is 6.78. The quantitative estimate of drug-likeness (QED) is 0.898. The Balaban J connectivity index is 1.33. The van der Waals surface area contributed by atoms with Crippen LogP contribution in [0.5, 0.6) is 0 Å². The zero-order valence-corrected chi connectivity index (χ0v) is 15.5. The SMILES string of the molecule is Cc1cc(C(=O)N(C)C2CN(C(=O)C3CCC3c3ccc(F)cc3)C2)n[nH]1. The Morgan fingerprint density at radius 3 is 2.48 bits per heavy atom. The third kappa shape index (κ3) is 3.22. The van der Waals surface area contributed by atoms with Gasteiger partial charge in [0, 0.05) is 31.7 Å². The highest BCUT2D eigenvalue weighted by atomic mass is 19.1. The average Bonchev–Trinajstić information content (AvgIpc) is 3.00. The van der Waals surface area contributed by atoms with Crippen molar-refractivity contribution in [2.24, 2.45) is 5.92 Å². The molecule has 2 aliphatic rings. The second kappa shape index (κ2) is 6.79. The van der Waals surface area contributed by atoms with Crippen molar-refractivity contribution in [3.05, 3.63) is 53.1 Å². The summed E-state index contributed by atoms with van der Waals surface area (Å²) < 4.78 is 13.1. The van der Waals surface area contributed by atoms with Crippen molar-refractivity contribution in [2.45, 2.75) is 31.7 Å². The molecule has 2 fully saturated rings. The van der Waals surface area contributed by atoms with E-state index in [4.69, 9.17) is 0 Å². The molecule has 2 unspecified atom stereocenters. The number of nitrogens with one attached hydrogen (secondary N) is 1. The Morgan fingerprint density at radius 2 is 1.93 bits per heavy atom. The number of halogens is 1. The van der Waals surface area contributed by atoms with Crippen LogP contribution in [0, 0.1) is 18.7 Å². The summed E-state index contributed by atoms with van der Waals surface area (Å²) in [7, 11) is 1.75. The lowest BCUT2D eigenvalue weighted by molar-refractivity contribution is -0.145. The van der Waals surface area contributed by atoms with Crippen LogP contribution in [0.25, 0.3) is 0 Å². The number of amides is 2. The third-order valence-electron chi connectivity index (χ3n) is 5.86. The number of likely N-dealkylation sites (N-methyl/N-ethyl adjacent to an activating group) is 1. The molecule has 1 saturated heterocycles. The molecule has 0 spiro atoms. The summed E-state index contributed by atoms with van der Waals surface area (Å²) in [5.41, 5.74) is 2.27. The molecule has 2 atom stereocenters. The van der Waals surface area contributed by atoms with Crippen molar-refractivity contribution in [3.63, 3.8) is 0 Å². The minimum Gasteiger partial charge on any atom is -0.338 e. The number of carbonyl (C=O) groups excluding carboxylic acids is 2. The van der Waals surface area contributed by atoms with Gasteiger partial charge >= 0.3 is 0 Å². The van der Waals surface area contributed by atoms with E-state index < -0.39 is 0 Å². The molecule has 4 rings (SSSR count). The Hall–Kier alpha value is -2.70. The number of rotatable bonds is 4. The normalized spacial score (nSPS) is 22.1. The van der Waals surface area contributed by atoms with Crippen molar-refractivity contribution < 1.29 is 14.0 Å². The van der Waals surface area contributed by atoms with E-state index in [-0.39, 0.29) is 35.5 Å². The van der Waals surface area contributed by atoms with Crippen molar-refractivity contribution in [1.82, 2.24) is 20.0 Å². The summed E-state index contributed by atoms with van der Waals surface area (Å²) in [6, 6.07) is 8.19. The summed E-state index contributed by atoms with van der Waals surface area (Å²) in [6.07, 6.45) is 1.82. The van der Waals surface area contributed by atoms with Gasteiger partial charge in [0.25, 0.3) is 5.91 Å². The molecule has 2 heterocycles. The molecule has 2 amide bonds. The van der Waals surface area contributed by atoms with Crippen LogP contribution in [-0.4, -0.2) is 58.0 Å². The van der Waals surface area contributed by atoms with Crippen LogP contribution in [0.4, 0.5) is 4.39 Å². The molecular formula is C20H23FN4O2. The fraction of sp³-hybridized carbons (Fsp3) is 0.450. The highest BCUT2D eigenvalue weighted by Crippen LogP contribution is 2.44. The number of H-pyrrole nitrogens is 1. The van der Waals surface area contributed by atoms with Crippen LogP contribution in [0.3, 0.4) is 0 Å². The Bertz CT molecular complexity index is 857. The number of likely N-dealkylation sites (tertiary alicyclic amines) is 1. The number of hydrogen-bond donors (Lipinski definition) is 1. The van der Waals surface area contributed by atoms with Crippen molar-refractivity contribution in [3.8, 4) is 0 Å². The van der Waals surface area contributed by atoms with E-state index in [2.05, 4.69) is 10.2 Å². The molecule has 1 aromatic carbocycles. The lowest BCUT2D eigenvalue weighted by Crippen LogP contribution is -2.63. The summed E-state index contributed by atoms with van der Waals surface area (Å²) in [6.45, 7) is 2.96. The highest BCUT2D eigenvalue weighted by Gasteiger charge is 2.44. The Labute approximate surface area is 157 Å². The van der Waals surface area contributed by atoms with Crippen LogP contribution in [0.15, 0.2) is 30.3 Å². The zero-order valence-electron chi connectivity index (χ0n) is 15.5. The van der Waals surface area contributed by atoms with Gasteiger partial charge in [-0.1, -0.05) is 12.1 Å². The maximum Gasteiger partial charge on any atom is 0.274 e. The molecular weight excluding hydrogens is 347 g/mol. The van der Waals surface area contributed by atoms with Gasteiger partial charge in [0.1, 0.15) is 11.5 Å². The second-order valence-electron chi connectivity index (χ2n) is 7.59. The van der Waals surface area contributed by atoms with Gasteiger partial charge in [-0.25, -0.2) is 4.39 Å². The highest BCUT2D eigenvalue weighted by molar-refractivity contribution is 5.92. The lowest BCUT2D eigenvalue weighted by Gasteiger charge is -2.47. The molecule has 1 saturated carbocycles. The van der Waals surface area contributed by atoms with E-state index in [1.165, 1.54) is 12.1 Å². The molecule has 1 N–H and O–H groups in total. The van der Waals surface area contributed by atoms with Crippen LogP contribution in [0.2, 0.25) is 0 Å². The number of carbonyl (C=O) groups is 2. The summed E-state index contributed by atoms with van der Waals surface area (Å²) >= 11 is 0. The van der Waals surface area contributed by atoms with E-state index in [1.54, 1.807) is 30.1 Å². The van der Waals surface area contributed by atoms with Gasteiger partial charge in [0.15, 0.2) is 0 Å². The Morgan fingerprint density at radius 1 is 1.22 bits per heavy atom. The molecule has 2 aromatic rings. The molecule has 0 bridgehead atoms. The van der Waals surface area contributed by atoms with E-state index >= 15 is 0 Å². The largest absolute Gasteiger partial charge is 0.338 e. The van der Waals surface area contributed by atoms with Gasteiger partial charge in [-0.2, -0.15) is 5.10 Å². The molecule has 1 aromatic heterocycles. The van der Waals surface area contributed by atoms with Crippen LogP contribution >= 0.6 is 0 Å². The van der Waals surface area contributed by atoms with Crippen LogP contribution in [-0.2, 0) is 4.79 Å². The number of aromatic nitrogens is 2. The standard InChI is InChI=1S/C20H23FN4O2/c1-12-9-18(23-22-12)20(27)24(2)15-10-25(11-15)19(26)17-8-7-16(17)13-3-5-14(21)6-4-13/h3-6,9,15-17H,7-8,10-11H2,1-2H3,(H,22,23). The van der Waals surface area contributed by atoms with Gasteiger partial charge < -0.3 is 9.80 Å². The molecule has 7 heteroatoms. The van der Waals surface area contributed by atoms with Gasteiger partial charge in [0.05, 0.1) is 6.04 Å². The summed E-state index contributed by atoms with van der Waals surface area (Å²) in [4.78, 5) is 28.7. The molecule has 142 valence electrons. The van der Waals surface area contributed by atoms with E-state index in [1.807, 2.05) is 11.8 Å². The zero-order chi connectivity index (χ0) is 19.1. The number of aryl methyl sites for hydroxylation is 1. The molecule has 6 nitrogen and oxygen atoms in total. The van der Waals surface area contributed by atoms with E-state index in [0.717, 1.165) is 24.1 Å². The Kier molecular flexibility index (Phi) is 4.45. The minimum atomic E-state index is -0.258. The average molecular weight is 370 g/mol. The van der Waals surface area contributed by atoms with Crippen molar-refractivity contribution in [2.75, 3.05) is 20.1 Å². The van der Waals surface area contributed by atoms with Gasteiger partial charge in [-0.05, 0) is 49.4 Å². The van der Waals surface area contributed by atoms with Crippen molar-refractivity contribution in [1.29, 1.82) is 0 Å². The fourth-order valence-corrected chi connectivity index (χ4v) is 3.89. The number of benzene rings is 1. The first-order valence-corrected chi connectivity index (χ1v) is 9.27. The van der Waals surface area contributed by atoms with Gasteiger partial charge in [-0.15, -0.1) is 0 Å². The molecule has 1 aliphatic carbocycles. The first kappa shape index (κ1) is 17.7. The monoisotopic (exact) mass is 370 g/mol. The number of hydrogen-bond acceptors (Lipinski definition) is 3. The maximum atomic E-state index is 13.1. The fourth-order valence-electron chi connectivity index (χ4n) is 3.89.